The number of nitrogens with one attached hydrogen (secondary N) is 1. The highest BCUT2D eigenvalue weighted by molar-refractivity contribution is 6.31. The molecule has 0 aliphatic heterocycles. The molecule has 1 aromatic rings. The van der Waals surface area contributed by atoms with Gasteiger partial charge in [-0.2, -0.15) is 0 Å². The Morgan fingerprint density at radius 1 is 1.40 bits per heavy atom. The Hall–Kier alpha value is -1.75. The third-order valence-electron chi connectivity index (χ3n) is 2.94. The maximum atomic E-state index is 11.8. The van der Waals surface area contributed by atoms with Crippen LogP contribution in [0.2, 0.25) is 5.02 Å². The first-order valence-electron chi connectivity index (χ1n) is 6.09. The number of methoxy groups -OCH3 is 1. The van der Waals surface area contributed by atoms with Crippen LogP contribution in [0.3, 0.4) is 0 Å². The maximum absolute atomic E-state index is 11.8. The Bertz CT molecular complexity index is 514. The van der Waals surface area contributed by atoms with E-state index in [4.69, 9.17) is 21.4 Å². The fourth-order valence-electron chi connectivity index (χ4n) is 1.63. The van der Waals surface area contributed by atoms with E-state index < -0.39 is 11.4 Å². The zero-order valence-corrected chi connectivity index (χ0v) is 12.5. The van der Waals surface area contributed by atoms with E-state index in [1.165, 1.54) is 21.0 Å². The van der Waals surface area contributed by atoms with Gasteiger partial charge in [-0.25, -0.2) is 0 Å². The molecule has 0 fully saturated rings. The SMILES string of the molecule is COc1cccc(Cl)c1CNC(=O)CC(C)(C)C(=O)O. The van der Waals surface area contributed by atoms with Crippen molar-refractivity contribution in [1.29, 1.82) is 0 Å². The van der Waals surface area contributed by atoms with E-state index in [9.17, 15) is 9.59 Å². The van der Waals surface area contributed by atoms with Crippen LogP contribution in [0.15, 0.2) is 18.2 Å². The summed E-state index contributed by atoms with van der Waals surface area (Å²) in [4.78, 5) is 22.8. The first kappa shape index (κ1) is 16.3. The number of benzene rings is 1. The largest absolute Gasteiger partial charge is 0.496 e. The first-order chi connectivity index (χ1) is 9.27. The van der Waals surface area contributed by atoms with Gasteiger partial charge in [0.1, 0.15) is 5.75 Å². The Morgan fingerprint density at radius 3 is 2.60 bits per heavy atom. The van der Waals surface area contributed by atoms with Crippen molar-refractivity contribution in [1.82, 2.24) is 5.32 Å². The van der Waals surface area contributed by atoms with Crippen molar-refractivity contribution in [3.05, 3.63) is 28.8 Å². The minimum Gasteiger partial charge on any atom is -0.496 e. The van der Waals surface area contributed by atoms with Crippen LogP contribution in [-0.2, 0) is 16.1 Å². The highest BCUT2D eigenvalue weighted by atomic mass is 35.5. The van der Waals surface area contributed by atoms with Crippen molar-refractivity contribution in [3.8, 4) is 5.75 Å². The van der Waals surface area contributed by atoms with Crippen molar-refractivity contribution >= 4 is 23.5 Å². The van der Waals surface area contributed by atoms with Gasteiger partial charge in [0.15, 0.2) is 0 Å². The molecule has 1 amide bonds. The number of halogens is 1. The average molecular weight is 300 g/mol. The molecule has 1 rings (SSSR count). The van der Waals surface area contributed by atoms with Crippen LogP contribution in [0.25, 0.3) is 0 Å². The second-order valence-corrected chi connectivity index (χ2v) is 5.47. The molecule has 20 heavy (non-hydrogen) atoms. The molecule has 0 bridgehead atoms. The van der Waals surface area contributed by atoms with Gasteiger partial charge in [0.25, 0.3) is 0 Å². The molecule has 6 heteroatoms. The Kier molecular flexibility index (Phi) is 5.39. The molecule has 0 unspecified atom stereocenters. The molecule has 2 N–H and O–H groups in total. The minimum absolute atomic E-state index is 0.102. The number of rotatable bonds is 6. The van der Waals surface area contributed by atoms with Crippen molar-refractivity contribution in [2.75, 3.05) is 7.11 Å². The van der Waals surface area contributed by atoms with Gasteiger partial charge in [-0.3, -0.25) is 9.59 Å². The highest BCUT2D eigenvalue weighted by Gasteiger charge is 2.30. The van der Waals surface area contributed by atoms with Gasteiger partial charge in [-0.05, 0) is 26.0 Å². The number of carbonyl (C=O) groups is 2. The molecule has 0 heterocycles. The van der Waals surface area contributed by atoms with E-state index in [2.05, 4.69) is 5.32 Å². The molecule has 0 spiro atoms. The fraction of sp³-hybridized carbons (Fsp3) is 0.429. The van der Waals surface area contributed by atoms with E-state index >= 15 is 0 Å². The second kappa shape index (κ2) is 6.61. The standard InChI is InChI=1S/C14H18ClNO4/c1-14(2,13(18)19)7-12(17)16-8-9-10(15)5-4-6-11(9)20-3/h4-6H,7-8H2,1-3H3,(H,16,17)(H,18,19). The topological polar surface area (TPSA) is 75.6 Å². The third-order valence-corrected chi connectivity index (χ3v) is 3.29. The number of amides is 1. The average Bonchev–Trinajstić information content (AvgIpc) is 2.36. The van der Waals surface area contributed by atoms with Crippen molar-refractivity contribution in [3.63, 3.8) is 0 Å². The van der Waals surface area contributed by atoms with Gasteiger partial charge >= 0.3 is 5.97 Å². The number of hydrogen-bond donors (Lipinski definition) is 2. The quantitative estimate of drug-likeness (QED) is 0.846. The van der Waals surface area contributed by atoms with Crippen LogP contribution < -0.4 is 10.1 Å². The Labute approximate surface area is 122 Å². The summed E-state index contributed by atoms with van der Waals surface area (Å²) in [5, 5.41) is 12.1. The normalized spacial score (nSPS) is 11.0. The fourth-order valence-corrected chi connectivity index (χ4v) is 1.86. The maximum Gasteiger partial charge on any atom is 0.309 e. The van der Waals surface area contributed by atoms with Gasteiger partial charge < -0.3 is 15.2 Å². The summed E-state index contributed by atoms with van der Waals surface area (Å²) in [6.45, 7) is 3.20. The summed E-state index contributed by atoms with van der Waals surface area (Å²) in [6, 6.07) is 5.20. The summed E-state index contributed by atoms with van der Waals surface area (Å²) >= 11 is 6.05. The number of hydrogen-bond acceptors (Lipinski definition) is 3. The van der Waals surface area contributed by atoms with Crippen LogP contribution in [0, 0.1) is 5.41 Å². The monoisotopic (exact) mass is 299 g/mol. The third kappa shape index (κ3) is 4.13. The molecule has 0 saturated heterocycles. The van der Waals surface area contributed by atoms with Crippen LogP contribution in [0.5, 0.6) is 5.75 Å². The van der Waals surface area contributed by atoms with Crippen molar-refractivity contribution in [2.24, 2.45) is 5.41 Å². The number of aliphatic carboxylic acids is 1. The summed E-state index contributed by atoms with van der Waals surface area (Å²) in [7, 11) is 1.52. The minimum atomic E-state index is -1.10. The lowest BCUT2D eigenvalue weighted by molar-refractivity contribution is -0.149. The van der Waals surface area contributed by atoms with Crippen LogP contribution >= 0.6 is 11.6 Å². The molecule has 1 aromatic carbocycles. The van der Waals surface area contributed by atoms with E-state index in [1.807, 2.05) is 0 Å². The van der Waals surface area contributed by atoms with E-state index in [0.717, 1.165) is 0 Å². The van der Waals surface area contributed by atoms with Gasteiger partial charge in [-0.15, -0.1) is 0 Å². The van der Waals surface area contributed by atoms with Crippen molar-refractivity contribution in [2.45, 2.75) is 26.8 Å². The van der Waals surface area contributed by atoms with Crippen molar-refractivity contribution < 1.29 is 19.4 Å². The lowest BCUT2D eigenvalue weighted by Gasteiger charge is -2.18. The molecule has 110 valence electrons. The molecular formula is C14H18ClNO4. The Morgan fingerprint density at radius 2 is 2.05 bits per heavy atom. The van der Waals surface area contributed by atoms with Crippen LogP contribution in [-0.4, -0.2) is 24.1 Å². The summed E-state index contributed by atoms with van der Waals surface area (Å²) < 4.78 is 5.17. The molecule has 0 saturated carbocycles. The molecule has 0 aliphatic rings. The zero-order valence-electron chi connectivity index (χ0n) is 11.7. The predicted octanol–water partition coefficient (Wildman–Crippen LogP) is 2.47. The van der Waals surface area contributed by atoms with E-state index in [0.29, 0.717) is 16.3 Å². The summed E-state index contributed by atoms with van der Waals surface area (Å²) in [5.74, 6) is -0.780. The Balaban J connectivity index is 2.69. The van der Waals surface area contributed by atoms with Crippen LogP contribution in [0.1, 0.15) is 25.8 Å². The van der Waals surface area contributed by atoms with Crippen LogP contribution in [0.4, 0.5) is 0 Å². The first-order valence-corrected chi connectivity index (χ1v) is 6.47. The molecular weight excluding hydrogens is 282 g/mol. The number of ether oxygens (including phenoxy) is 1. The molecule has 0 radical (unpaired) electrons. The smallest absolute Gasteiger partial charge is 0.309 e. The number of carboxylic acids is 1. The lowest BCUT2D eigenvalue weighted by Crippen LogP contribution is -2.33. The predicted molar refractivity (Wildman–Crippen MR) is 75.9 cm³/mol. The number of carbonyl (C=O) groups excluding carboxylic acids is 1. The van der Waals surface area contributed by atoms with Gasteiger partial charge in [-0.1, -0.05) is 17.7 Å². The van der Waals surface area contributed by atoms with Gasteiger partial charge in [0.05, 0.1) is 12.5 Å². The summed E-state index contributed by atoms with van der Waals surface area (Å²) in [6.07, 6.45) is -0.102. The molecule has 0 atom stereocenters. The molecule has 0 aromatic heterocycles. The van der Waals surface area contributed by atoms with Gasteiger partial charge in [0, 0.05) is 23.6 Å². The van der Waals surface area contributed by atoms with E-state index in [1.54, 1.807) is 18.2 Å². The zero-order chi connectivity index (χ0) is 15.3. The summed E-state index contributed by atoms with van der Waals surface area (Å²) in [5.41, 5.74) is -0.438. The second-order valence-electron chi connectivity index (χ2n) is 5.06. The van der Waals surface area contributed by atoms with E-state index in [-0.39, 0.29) is 18.9 Å². The lowest BCUT2D eigenvalue weighted by atomic mass is 9.89. The molecule has 0 aliphatic carbocycles. The molecule has 5 nitrogen and oxygen atoms in total. The number of carboxylic acid groups (broad SMARTS) is 1. The van der Waals surface area contributed by atoms with Gasteiger partial charge in [0.2, 0.25) is 5.91 Å². The highest BCUT2D eigenvalue weighted by Crippen LogP contribution is 2.26.